The summed E-state index contributed by atoms with van der Waals surface area (Å²) in [5.74, 6) is 0. The first-order valence-electron chi connectivity index (χ1n) is 5.54. The van der Waals surface area contributed by atoms with Crippen LogP contribution in [0.15, 0.2) is 54.1 Å². The van der Waals surface area contributed by atoms with Crippen LogP contribution in [0.4, 0.5) is 0 Å². The molecule has 0 bridgehead atoms. The van der Waals surface area contributed by atoms with E-state index in [2.05, 4.69) is 49.4 Å². The van der Waals surface area contributed by atoms with Gasteiger partial charge < -0.3 is 5.11 Å². The van der Waals surface area contributed by atoms with Crippen LogP contribution in [0.25, 0.3) is 10.8 Å². The largest absolute Gasteiger partial charge is 0.392 e. The van der Waals surface area contributed by atoms with Crippen molar-refractivity contribution in [2.24, 2.45) is 0 Å². The Bertz CT molecular complexity index is 506. The predicted molar refractivity (Wildman–Crippen MR) is 68.5 cm³/mol. The van der Waals surface area contributed by atoms with E-state index >= 15 is 0 Å². The Labute approximate surface area is 96.0 Å². The van der Waals surface area contributed by atoms with Gasteiger partial charge in [-0.25, -0.2) is 0 Å². The Morgan fingerprint density at radius 3 is 2.69 bits per heavy atom. The van der Waals surface area contributed by atoms with Crippen molar-refractivity contribution in [3.8, 4) is 0 Å². The maximum atomic E-state index is 8.85. The third-order valence-electron chi connectivity index (χ3n) is 2.79. The average molecular weight is 212 g/mol. The standard InChI is InChI=1S/C15H16O/c1-12(9-10-16)11-14-7-4-6-13-5-2-3-8-15(13)14/h2-9,16H,10-11H2,1H3/b12-9+. The molecule has 0 aliphatic carbocycles. The van der Waals surface area contributed by atoms with E-state index in [-0.39, 0.29) is 6.61 Å². The van der Waals surface area contributed by atoms with Crippen LogP contribution >= 0.6 is 0 Å². The molecule has 0 fully saturated rings. The highest BCUT2D eigenvalue weighted by molar-refractivity contribution is 5.85. The van der Waals surface area contributed by atoms with Crippen LogP contribution in [0.3, 0.4) is 0 Å². The molecule has 0 spiro atoms. The minimum absolute atomic E-state index is 0.122. The number of benzene rings is 2. The molecule has 2 rings (SSSR count). The Kier molecular flexibility index (Phi) is 3.37. The van der Waals surface area contributed by atoms with Gasteiger partial charge in [0.15, 0.2) is 0 Å². The van der Waals surface area contributed by atoms with Gasteiger partial charge in [-0.15, -0.1) is 0 Å². The summed E-state index contributed by atoms with van der Waals surface area (Å²) in [6.45, 7) is 2.18. The van der Waals surface area contributed by atoms with Crippen LogP contribution in [0.1, 0.15) is 12.5 Å². The zero-order valence-electron chi connectivity index (χ0n) is 9.48. The Hall–Kier alpha value is -1.60. The van der Waals surface area contributed by atoms with Gasteiger partial charge in [-0.05, 0) is 29.7 Å². The Morgan fingerprint density at radius 1 is 1.12 bits per heavy atom. The zero-order chi connectivity index (χ0) is 11.4. The summed E-state index contributed by atoms with van der Waals surface area (Å²) >= 11 is 0. The highest BCUT2D eigenvalue weighted by atomic mass is 16.2. The summed E-state index contributed by atoms with van der Waals surface area (Å²) in [4.78, 5) is 0. The van der Waals surface area contributed by atoms with Gasteiger partial charge in [-0.2, -0.15) is 0 Å². The highest BCUT2D eigenvalue weighted by Crippen LogP contribution is 2.20. The maximum absolute atomic E-state index is 8.85. The molecule has 0 aliphatic rings. The lowest BCUT2D eigenvalue weighted by molar-refractivity contribution is 0.341. The average Bonchev–Trinajstić information content (AvgIpc) is 2.30. The molecular weight excluding hydrogens is 196 g/mol. The third kappa shape index (κ3) is 2.31. The van der Waals surface area contributed by atoms with E-state index in [0.717, 1.165) is 6.42 Å². The second-order valence-electron chi connectivity index (χ2n) is 4.05. The first-order valence-corrected chi connectivity index (χ1v) is 5.54. The molecule has 2 aromatic rings. The molecule has 0 radical (unpaired) electrons. The smallest absolute Gasteiger partial charge is 0.0615 e. The summed E-state index contributed by atoms with van der Waals surface area (Å²) in [5, 5.41) is 11.4. The monoisotopic (exact) mass is 212 g/mol. The maximum Gasteiger partial charge on any atom is 0.0615 e. The van der Waals surface area contributed by atoms with E-state index in [1.165, 1.54) is 21.9 Å². The lowest BCUT2D eigenvalue weighted by atomic mass is 9.99. The molecule has 0 heterocycles. The number of fused-ring (bicyclic) bond motifs is 1. The molecular formula is C15H16O. The molecule has 0 unspecified atom stereocenters. The fraction of sp³-hybridized carbons (Fsp3) is 0.200. The van der Waals surface area contributed by atoms with Crippen LogP contribution in [0, 0.1) is 0 Å². The Morgan fingerprint density at radius 2 is 1.88 bits per heavy atom. The molecule has 2 aromatic carbocycles. The molecule has 0 amide bonds. The fourth-order valence-electron chi connectivity index (χ4n) is 1.98. The summed E-state index contributed by atoms with van der Waals surface area (Å²) < 4.78 is 0. The van der Waals surface area contributed by atoms with E-state index in [0.29, 0.717) is 0 Å². The first-order chi connectivity index (χ1) is 7.81. The van der Waals surface area contributed by atoms with Crippen molar-refractivity contribution in [3.63, 3.8) is 0 Å². The van der Waals surface area contributed by atoms with Crippen LogP contribution in [-0.2, 0) is 6.42 Å². The van der Waals surface area contributed by atoms with Crippen molar-refractivity contribution >= 4 is 10.8 Å². The van der Waals surface area contributed by atoms with E-state index in [1.54, 1.807) is 0 Å². The van der Waals surface area contributed by atoms with Gasteiger partial charge in [0, 0.05) is 0 Å². The molecule has 0 saturated heterocycles. The Balaban J connectivity index is 2.41. The number of hydrogen-bond donors (Lipinski definition) is 1. The van der Waals surface area contributed by atoms with Crippen molar-refractivity contribution in [1.82, 2.24) is 0 Å². The second-order valence-corrected chi connectivity index (χ2v) is 4.05. The predicted octanol–water partition coefficient (Wildman–Crippen LogP) is 3.32. The van der Waals surface area contributed by atoms with E-state index in [4.69, 9.17) is 5.11 Å². The van der Waals surface area contributed by atoms with E-state index in [1.807, 2.05) is 6.08 Å². The zero-order valence-corrected chi connectivity index (χ0v) is 9.48. The summed E-state index contributed by atoms with van der Waals surface area (Å²) in [6.07, 6.45) is 2.77. The molecule has 82 valence electrons. The molecule has 0 atom stereocenters. The lowest BCUT2D eigenvalue weighted by Crippen LogP contribution is -1.90. The van der Waals surface area contributed by atoms with Crippen LogP contribution in [-0.4, -0.2) is 11.7 Å². The van der Waals surface area contributed by atoms with Crippen molar-refractivity contribution in [2.75, 3.05) is 6.61 Å². The number of hydrogen-bond acceptors (Lipinski definition) is 1. The van der Waals surface area contributed by atoms with Crippen LogP contribution < -0.4 is 0 Å². The molecule has 0 aromatic heterocycles. The quantitative estimate of drug-likeness (QED) is 0.774. The fourth-order valence-corrected chi connectivity index (χ4v) is 1.98. The highest BCUT2D eigenvalue weighted by Gasteiger charge is 2.00. The molecule has 1 nitrogen and oxygen atoms in total. The first kappa shape index (κ1) is 10.9. The molecule has 0 saturated carbocycles. The topological polar surface area (TPSA) is 20.2 Å². The number of allylic oxidation sites excluding steroid dienone is 1. The van der Waals surface area contributed by atoms with E-state index in [9.17, 15) is 0 Å². The molecule has 16 heavy (non-hydrogen) atoms. The van der Waals surface area contributed by atoms with E-state index < -0.39 is 0 Å². The summed E-state index contributed by atoms with van der Waals surface area (Å²) in [5.41, 5.74) is 2.53. The number of aliphatic hydroxyl groups excluding tert-OH is 1. The number of aliphatic hydroxyl groups is 1. The molecule has 1 N–H and O–H groups in total. The SMILES string of the molecule is C/C(=C\CO)Cc1cccc2ccccc12. The summed E-state index contributed by atoms with van der Waals surface area (Å²) in [7, 11) is 0. The van der Waals surface area contributed by atoms with Gasteiger partial charge in [0.1, 0.15) is 0 Å². The van der Waals surface area contributed by atoms with Gasteiger partial charge in [0.2, 0.25) is 0 Å². The minimum Gasteiger partial charge on any atom is -0.392 e. The van der Waals surface area contributed by atoms with Gasteiger partial charge in [0.05, 0.1) is 6.61 Å². The van der Waals surface area contributed by atoms with Crippen molar-refractivity contribution < 1.29 is 5.11 Å². The second kappa shape index (κ2) is 4.95. The van der Waals surface area contributed by atoms with Crippen LogP contribution in [0.2, 0.25) is 0 Å². The number of rotatable bonds is 3. The van der Waals surface area contributed by atoms with Gasteiger partial charge in [0.25, 0.3) is 0 Å². The van der Waals surface area contributed by atoms with Gasteiger partial charge >= 0.3 is 0 Å². The molecule has 0 aliphatic heterocycles. The van der Waals surface area contributed by atoms with Crippen molar-refractivity contribution in [3.05, 3.63) is 59.7 Å². The van der Waals surface area contributed by atoms with Crippen molar-refractivity contribution in [1.29, 1.82) is 0 Å². The van der Waals surface area contributed by atoms with Gasteiger partial charge in [-0.1, -0.05) is 54.1 Å². The molecule has 1 heteroatoms. The van der Waals surface area contributed by atoms with Gasteiger partial charge in [-0.3, -0.25) is 0 Å². The lowest BCUT2D eigenvalue weighted by Gasteiger charge is -2.06. The third-order valence-corrected chi connectivity index (χ3v) is 2.79. The van der Waals surface area contributed by atoms with Crippen molar-refractivity contribution in [2.45, 2.75) is 13.3 Å². The normalized spacial score (nSPS) is 12.0. The van der Waals surface area contributed by atoms with Crippen LogP contribution in [0.5, 0.6) is 0 Å². The minimum atomic E-state index is 0.122. The summed E-state index contributed by atoms with van der Waals surface area (Å²) in [6, 6.07) is 14.8.